The van der Waals surface area contributed by atoms with Gasteiger partial charge in [0.15, 0.2) is 0 Å². The molecule has 0 aliphatic carbocycles. The van der Waals surface area contributed by atoms with Crippen LogP contribution in [0.25, 0.3) is 0 Å². The number of aryl methyl sites for hydroxylation is 1. The number of carbonyl (C=O) groups excluding carboxylic acids is 1. The van der Waals surface area contributed by atoms with Gasteiger partial charge in [-0.15, -0.1) is 23.7 Å². The zero-order valence-electron chi connectivity index (χ0n) is 11.0. The lowest BCUT2D eigenvalue weighted by molar-refractivity contribution is 0.0955. The monoisotopic (exact) mass is 292 g/mol. The van der Waals surface area contributed by atoms with Crippen LogP contribution in [0.3, 0.4) is 0 Å². The quantitative estimate of drug-likeness (QED) is 0.758. The number of hydrogen-bond donors (Lipinski definition) is 2. The smallest absolute Gasteiger partial charge is 0.265 e. The van der Waals surface area contributed by atoms with Gasteiger partial charge in [0.2, 0.25) is 0 Å². The fourth-order valence-electron chi connectivity index (χ4n) is 1.45. The molecule has 1 amide bonds. The lowest BCUT2D eigenvalue weighted by atomic mass is 10.3. The van der Waals surface area contributed by atoms with Crippen molar-refractivity contribution in [2.75, 3.05) is 26.7 Å². The van der Waals surface area contributed by atoms with Crippen LogP contribution >= 0.6 is 23.7 Å². The van der Waals surface area contributed by atoms with Crippen LogP contribution in [0.1, 0.15) is 27.9 Å². The topological polar surface area (TPSA) is 50.4 Å². The van der Waals surface area contributed by atoms with Crippen LogP contribution < -0.4 is 15.4 Å². The van der Waals surface area contributed by atoms with Crippen LogP contribution in [-0.2, 0) is 0 Å². The molecule has 0 radical (unpaired) electrons. The van der Waals surface area contributed by atoms with E-state index in [1.165, 1.54) is 11.3 Å². The Morgan fingerprint density at radius 3 is 2.72 bits per heavy atom. The molecule has 2 N–H and O–H groups in total. The van der Waals surface area contributed by atoms with Gasteiger partial charge in [-0.05, 0) is 26.0 Å². The lowest BCUT2D eigenvalue weighted by Gasteiger charge is -2.06. The summed E-state index contributed by atoms with van der Waals surface area (Å²) in [6.45, 7) is 6.50. The highest BCUT2D eigenvalue weighted by molar-refractivity contribution is 7.14. The highest BCUT2D eigenvalue weighted by atomic mass is 35.5. The van der Waals surface area contributed by atoms with Gasteiger partial charge in [0.25, 0.3) is 5.91 Å². The molecule has 0 spiro atoms. The molecule has 0 aromatic carbocycles. The largest absolute Gasteiger partial charge is 0.495 e. The van der Waals surface area contributed by atoms with Crippen molar-refractivity contribution in [2.24, 2.45) is 0 Å². The maximum Gasteiger partial charge on any atom is 0.265 e. The number of amides is 1. The molecular formula is C12H21ClN2O2S. The van der Waals surface area contributed by atoms with Gasteiger partial charge in [-0.25, -0.2) is 0 Å². The molecule has 0 saturated heterocycles. The van der Waals surface area contributed by atoms with Crippen molar-refractivity contribution < 1.29 is 9.53 Å². The van der Waals surface area contributed by atoms with E-state index in [1.54, 1.807) is 7.11 Å². The number of rotatable bonds is 7. The Bertz CT molecular complexity index is 369. The third-order valence-corrected chi connectivity index (χ3v) is 3.29. The van der Waals surface area contributed by atoms with Gasteiger partial charge in [0.1, 0.15) is 10.6 Å². The Balaban J connectivity index is 0.00000289. The highest BCUT2D eigenvalue weighted by Crippen LogP contribution is 2.28. The molecule has 1 aromatic rings. The molecule has 0 atom stereocenters. The molecule has 0 unspecified atom stereocenters. The summed E-state index contributed by atoms with van der Waals surface area (Å²) in [7, 11) is 1.58. The van der Waals surface area contributed by atoms with Crippen molar-refractivity contribution in [2.45, 2.75) is 20.3 Å². The summed E-state index contributed by atoms with van der Waals surface area (Å²) in [5.41, 5.74) is 0. The van der Waals surface area contributed by atoms with E-state index < -0.39 is 0 Å². The molecule has 0 aliphatic rings. The van der Waals surface area contributed by atoms with E-state index in [0.717, 1.165) is 24.4 Å². The zero-order valence-corrected chi connectivity index (χ0v) is 12.7. The molecule has 104 valence electrons. The predicted molar refractivity (Wildman–Crippen MR) is 78.3 cm³/mol. The summed E-state index contributed by atoms with van der Waals surface area (Å²) in [5, 5.41) is 6.11. The molecule has 0 fully saturated rings. The molecule has 4 nitrogen and oxygen atoms in total. The van der Waals surface area contributed by atoms with Gasteiger partial charge in [-0.1, -0.05) is 6.92 Å². The van der Waals surface area contributed by atoms with Crippen LogP contribution in [-0.4, -0.2) is 32.7 Å². The molecule has 1 heterocycles. The number of ether oxygens (including phenoxy) is 1. The number of hydrogen-bond acceptors (Lipinski definition) is 4. The van der Waals surface area contributed by atoms with Gasteiger partial charge in [0, 0.05) is 18.0 Å². The molecule has 1 aromatic heterocycles. The first-order valence-corrected chi connectivity index (χ1v) is 6.64. The van der Waals surface area contributed by atoms with Crippen LogP contribution in [0, 0.1) is 6.92 Å². The van der Waals surface area contributed by atoms with E-state index in [9.17, 15) is 4.79 Å². The summed E-state index contributed by atoms with van der Waals surface area (Å²) in [6, 6.07) is 1.88. The van der Waals surface area contributed by atoms with Gasteiger partial charge in [-0.3, -0.25) is 4.79 Å². The Morgan fingerprint density at radius 2 is 2.11 bits per heavy atom. The van der Waals surface area contributed by atoms with E-state index in [4.69, 9.17) is 4.74 Å². The van der Waals surface area contributed by atoms with Gasteiger partial charge in [0.05, 0.1) is 7.11 Å². The minimum atomic E-state index is -0.0572. The Kier molecular flexibility index (Phi) is 8.79. The van der Waals surface area contributed by atoms with Crippen LogP contribution in [0.15, 0.2) is 6.07 Å². The van der Waals surface area contributed by atoms with Gasteiger partial charge >= 0.3 is 0 Å². The molecule has 18 heavy (non-hydrogen) atoms. The fourth-order valence-corrected chi connectivity index (χ4v) is 2.34. The number of thiophene rings is 1. The molecule has 0 saturated carbocycles. The van der Waals surface area contributed by atoms with Crippen LogP contribution in [0.4, 0.5) is 0 Å². The van der Waals surface area contributed by atoms with E-state index in [2.05, 4.69) is 17.6 Å². The van der Waals surface area contributed by atoms with Crippen molar-refractivity contribution in [3.8, 4) is 5.75 Å². The summed E-state index contributed by atoms with van der Waals surface area (Å²) >= 11 is 1.46. The average molecular weight is 293 g/mol. The van der Waals surface area contributed by atoms with Gasteiger partial charge < -0.3 is 15.4 Å². The standard InChI is InChI=1S/C12H20N2O2S.ClH/c1-4-5-13-6-7-14-12(15)11-10(16-3)8-9(2)17-11;/h8,13H,4-7H2,1-3H3,(H,14,15);1H. The van der Waals surface area contributed by atoms with Crippen molar-refractivity contribution in [3.05, 3.63) is 15.8 Å². The number of carbonyl (C=O) groups is 1. The maximum atomic E-state index is 11.9. The second-order valence-corrected chi connectivity index (χ2v) is 5.02. The minimum absolute atomic E-state index is 0. The SMILES string of the molecule is CCCNCCNC(=O)c1sc(C)cc1OC.Cl. The lowest BCUT2D eigenvalue weighted by Crippen LogP contribution is -2.31. The maximum absolute atomic E-state index is 11.9. The zero-order chi connectivity index (χ0) is 12.7. The van der Waals surface area contributed by atoms with E-state index in [1.807, 2.05) is 13.0 Å². The normalized spacial score (nSPS) is 9.72. The third-order valence-electron chi connectivity index (χ3n) is 2.26. The predicted octanol–water partition coefficient (Wildman–Crippen LogP) is 2.22. The summed E-state index contributed by atoms with van der Waals surface area (Å²) in [4.78, 5) is 13.6. The molecular weight excluding hydrogens is 272 g/mol. The second kappa shape index (κ2) is 9.19. The van der Waals surface area contributed by atoms with Crippen LogP contribution in [0.2, 0.25) is 0 Å². The first kappa shape index (κ1) is 17.2. The second-order valence-electron chi connectivity index (χ2n) is 3.76. The van der Waals surface area contributed by atoms with Crippen molar-refractivity contribution in [1.29, 1.82) is 0 Å². The molecule has 1 rings (SSSR count). The summed E-state index contributed by atoms with van der Waals surface area (Å²) in [5.74, 6) is 0.602. The third kappa shape index (κ3) is 5.25. The summed E-state index contributed by atoms with van der Waals surface area (Å²) in [6.07, 6.45) is 1.10. The van der Waals surface area contributed by atoms with Crippen molar-refractivity contribution in [1.82, 2.24) is 10.6 Å². The molecule has 0 aliphatic heterocycles. The highest BCUT2D eigenvalue weighted by Gasteiger charge is 2.14. The van der Waals surface area contributed by atoms with Gasteiger partial charge in [-0.2, -0.15) is 0 Å². The number of halogens is 1. The first-order valence-electron chi connectivity index (χ1n) is 5.82. The van der Waals surface area contributed by atoms with E-state index >= 15 is 0 Å². The Morgan fingerprint density at radius 1 is 1.39 bits per heavy atom. The van der Waals surface area contributed by atoms with Crippen LogP contribution in [0.5, 0.6) is 5.75 Å². The number of nitrogens with one attached hydrogen (secondary N) is 2. The minimum Gasteiger partial charge on any atom is -0.495 e. The number of methoxy groups -OCH3 is 1. The van der Waals surface area contributed by atoms with E-state index in [-0.39, 0.29) is 18.3 Å². The van der Waals surface area contributed by atoms with Crippen molar-refractivity contribution >= 4 is 29.7 Å². The fraction of sp³-hybridized carbons (Fsp3) is 0.583. The summed E-state index contributed by atoms with van der Waals surface area (Å²) < 4.78 is 5.17. The molecule has 0 bridgehead atoms. The average Bonchev–Trinajstić information content (AvgIpc) is 2.70. The van der Waals surface area contributed by atoms with E-state index in [0.29, 0.717) is 17.2 Å². The first-order chi connectivity index (χ1) is 8.19. The molecule has 6 heteroatoms. The Hall–Kier alpha value is -0.780. The Labute approximate surface area is 119 Å². The van der Waals surface area contributed by atoms with Crippen molar-refractivity contribution in [3.63, 3.8) is 0 Å².